The third kappa shape index (κ3) is 5.66. The summed E-state index contributed by atoms with van der Waals surface area (Å²) in [6.45, 7) is 3.80. The first-order valence-corrected chi connectivity index (χ1v) is 7.98. The molecule has 0 saturated heterocycles. The molecule has 0 aliphatic carbocycles. The van der Waals surface area contributed by atoms with Crippen LogP contribution in [0, 0.1) is 6.92 Å². The van der Waals surface area contributed by atoms with Crippen LogP contribution in [0.3, 0.4) is 0 Å². The maximum absolute atomic E-state index is 12.0. The molecule has 7 nitrogen and oxygen atoms in total. The number of nitrogens with one attached hydrogen (secondary N) is 1. The fourth-order valence-electron chi connectivity index (χ4n) is 1.82. The summed E-state index contributed by atoms with van der Waals surface area (Å²) < 4.78 is 27.7. The monoisotopic (exact) mass is 339 g/mol. The topological polar surface area (TPSA) is 128 Å². The molecule has 1 rings (SSSR count). The molecule has 21 heavy (non-hydrogen) atoms. The van der Waals surface area contributed by atoms with Crippen LogP contribution in [0.2, 0.25) is 0 Å². The van der Waals surface area contributed by atoms with Crippen LogP contribution in [0.15, 0.2) is 15.4 Å². The molecule has 1 unspecified atom stereocenters. The summed E-state index contributed by atoms with van der Waals surface area (Å²) in [7, 11) is -3.89. The molecule has 1 atom stereocenters. The summed E-state index contributed by atoms with van der Waals surface area (Å²) >= 11 is 0. The van der Waals surface area contributed by atoms with Crippen molar-refractivity contribution in [3.05, 3.63) is 17.6 Å². The van der Waals surface area contributed by atoms with Crippen molar-refractivity contribution in [2.75, 3.05) is 6.54 Å². The van der Waals surface area contributed by atoms with Gasteiger partial charge in [0.25, 0.3) is 5.91 Å². The summed E-state index contributed by atoms with van der Waals surface area (Å²) in [6.07, 6.45) is 2.71. The van der Waals surface area contributed by atoms with E-state index >= 15 is 0 Å². The molecule has 1 aromatic rings. The van der Waals surface area contributed by atoms with Crippen LogP contribution in [0.1, 0.15) is 42.5 Å². The Bertz CT molecular complexity index is 571. The first-order valence-electron chi connectivity index (χ1n) is 6.43. The number of carbonyl (C=O) groups excluding carboxylic acids is 1. The molecule has 0 aliphatic heterocycles. The number of hydrogen-bond donors (Lipinski definition) is 3. The van der Waals surface area contributed by atoms with Crippen LogP contribution in [0.5, 0.6) is 0 Å². The molecule has 0 spiro atoms. The van der Waals surface area contributed by atoms with Gasteiger partial charge in [0.1, 0.15) is 10.7 Å². The van der Waals surface area contributed by atoms with Gasteiger partial charge in [-0.25, -0.2) is 13.6 Å². The lowest BCUT2D eigenvalue weighted by atomic mass is 10.1. The van der Waals surface area contributed by atoms with E-state index in [0.29, 0.717) is 6.54 Å². The highest BCUT2D eigenvalue weighted by Crippen LogP contribution is 2.18. The lowest BCUT2D eigenvalue weighted by Gasteiger charge is -2.15. The molecule has 0 fully saturated rings. The highest BCUT2D eigenvalue weighted by atomic mass is 35.5. The number of furan rings is 1. The Morgan fingerprint density at radius 2 is 2.10 bits per heavy atom. The molecule has 0 radical (unpaired) electrons. The van der Waals surface area contributed by atoms with Gasteiger partial charge in [0.05, 0.1) is 0 Å². The van der Waals surface area contributed by atoms with E-state index in [4.69, 9.17) is 15.3 Å². The van der Waals surface area contributed by atoms with E-state index in [2.05, 4.69) is 5.32 Å². The maximum Gasteiger partial charge on any atom is 0.287 e. The van der Waals surface area contributed by atoms with Crippen LogP contribution in [-0.4, -0.2) is 26.9 Å². The highest BCUT2D eigenvalue weighted by molar-refractivity contribution is 7.89. The molecular weight excluding hydrogens is 318 g/mol. The Balaban J connectivity index is 0.00000400. The number of aryl methyl sites for hydroxylation is 1. The number of primary sulfonamides is 1. The fourth-order valence-corrected chi connectivity index (χ4v) is 2.53. The molecule has 0 aliphatic rings. The summed E-state index contributed by atoms with van der Waals surface area (Å²) in [5.41, 5.74) is 5.58. The predicted molar refractivity (Wildman–Crippen MR) is 81.9 cm³/mol. The van der Waals surface area contributed by atoms with Gasteiger partial charge in [-0.3, -0.25) is 4.79 Å². The standard InChI is InChI=1S/C12H21N3O4S.ClH/c1-3-4-5-9(7-13)15-12(16)10-6-11(8(2)19-10)20(14,17)18;/h6,9H,3-5,7,13H2,1-2H3,(H,15,16)(H2,14,17,18);1H. The van der Waals surface area contributed by atoms with Crippen molar-refractivity contribution < 1.29 is 17.6 Å². The number of halogens is 1. The highest BCUT2D eigenvalue weighted by Gasteiger charge is 2.22. The quantitative estimate of drug-likeness (QED) is 0.679. The minimum absolute atomic E-state index is 0. The van der Waals surface area contributed by atoms with Gasteiger partial charge in [0.15, 0.2) is 5.76 Å². The number of hydrogen-bond acceptors (Lipinski definition) is 5. The van der Waals surface area contributed by atoms with Gasteiger partial charge in [-0.15, -0.1) is 12.4 Å². The molecule has 0 saturated carbocycles. The zero-order valence-corrected chi connectivity index (χ0v) is 13.7. The van der Waals surface area contributed by atoms with E-state index in [-0.39, 0.29) is 34.9 Å². The first-order chi connectivity index (χ1) is 9.29. The van der Waals surface area contributed by atoms with Crippen LogP contribution < -0.4 is 16.2 Å². The molecular formula is C12H22ClN3O4S. The van der Waals surface area contributed by atoms with Crippen molar-refractivity contribution in [2.24, 2.45) is 10.9 Å². The smallest absolute Gasteiger partial charge is 0.287 e. The largest absolute Gasteiger partial charge is 0.455 e. The van der Waals surface area contributed by atoms with Crippen molar-refractivity contribution in [1.29, 1.82) is 0 Å². The number of sulfonamides is 1. The van der Waals surface area contributed by atoms with Crippen molar-refractivity contribution in [1.82, 2.24) is 5.32 Å². The number of unbranched alkanes of at least 4 members (excludes halogenated alkanes) is 1. The molecule has 1 heterocycles. The second kappa shape index (κ2) is 8.38. The average Bonchev–Trinajstić information content (AvgIpc) is 2.76. The number of rotatable bonds is 7. The Morgan fingerprint density at radius 3 is 2.52 bits per heavy atom. The van der Waals surface area contributed by atoms with Crippen molar-refractivity contribution >= 4 is 28.3 Å². The fraction of sp³-hybridized carbons (Fsp3) is 0.583. The van der Waals surface area contributed by atoms with Gasteiger partial charge in [0.2, 0.25) is 10.0 Å². The van der Waals surface area contributed by atoms with Gasteiger partial charge in [0, 0.05) is 18.7 Å². The van der Waals surface area contributed by atoms with Crippen LogP contribution in [0.25, 0.3) is 0 Å². The maximum atomic E-state index is 12.0. The summed E-state index contributed by atoms with van der Waals surface area (Å²) in [5, 5.41) is 7.74. The zero-order chi connectivity index (χ0) is 15.3. The van der Waals surface area contributed by atoms with E-state index in [1.165, 1.54) is 6.92 Å². The molecule has 1 amide bonds. The predicted octanol–water partition coefficient (Wildman–Crippen LogP) is 0.905. The van der Waals surface area contributed by atoms with E-state index in [1.54, 1.807) is 0 Å². The van der Waals surface area contributed by atoms with Crippen molar-refractivity contribution in [2.45, 2.75) is 44.0 Å². The minimum atomic E-state index is -3.89. The average molecular weight is 340 g/mol. The van der Waals surface area contributed by atoms with E-state index < -0.39 is 15.9 Å². The van der Waals surface area contributed by atoms with Gasteiger partial charge >= 0.3 is 0 Å². The van der Waals surface area contributed by atoms with E-state index in [0.717, 1.165) is 25.3 Å². The second-order valence-electron chi connectivity index (χ2n) is 4.62. The Hall–Kier alpha value is -1.09. The minimum Gasteiger partial charge on any atom is -0.455 e. The van der Waals surface area contributed by atoms with Crippen LogP contribution in [0.4, 0.5) is 0 Å². The summed E-state index contributed by atoms with van der Waals surface area (Å²) in [6, 6.07) is 0.971. The Kier molecular flexibility index (Phi) is 7.94. The van der Waals surface area contributed by atoms with Gasteiger partial charge in [-0.1, -0.05) is 19.8 Å². The third-order valence-electron chi connectivity index (χ3n) is 2.93. The Labute approximate surface area is 130 Å². The number of carbonyl (C=O) groups is 1. The van der Waals surface area contributed by atoms with Gasteiger partial charge < -0.3 is 15.5 Å². The summed E-state index contributed by atoms with van der Waals surface area (Å²) in [5.74, 6) is -0.480. The first kappa shape index (κ1) is 19.9. The van der Waals surface area contributed by atoms with E-state index in [1.807, 2.05) is 6.92 Å². The van der Waals surface area contributed by atoms with E-state index in [9.17, 15) is 13.2 Å². The van der Waals surface area contributed by atoms with Crippen molar-refractivity contribution in [3.8, 4) is 0 Å². The lowest BCUT2D eigenvalue weighted by molar-refractivity contribution is 0.0906. The zero-order valence-electron chi connectivity index (χ0n) is 12.1. The lowest BCUT2D eigenvalue weighted by Crippen LogP contribution is -2.40. The van der Waals surface area contributed by atoms with Gasteiger partial charge in [-0.2, -0.15) is 0 Å². The van der Waals surface area contributed by atoms with Crippen LogP contribution >= 0.6 is 12.4 Å². The second-order valence-corrected chi connectivity index (χ2v) is 6.15. The molecule has 1 aromatic heterocycles. The molecule has 122 valence electrons. The SMILES string of the molecule is CCCCC(CN)NC(=O)c1cc(S(N)(=O)=O)c(C)o1.Cl. The molecule has 0 bridgehead atoms. The Morgan fingerprint density at radius 1 is 1.48 bits per heavy atom. The molecule has 0 aromatic carbocycles. The van der Waals surface area contributed by atoms with Crippen molar-refractivity contribution in [3.63, 3.8) is 0 Å². The normalized spacial score (nSPS) is 12.6. The van der Waals surface area contributed by atoms with Gasteiger partial charge in [-0.05, 0) is 13.3 Å². The molecule has 9 heteroatoms. The number of nitrogens with two attached hydrogens (primary N) is 2. The third-order valence-corrected chi connectivity index (χ3v) is 3.95. The number of amides is 1. The van der Waals surface area contributed by atoms with Crippen LogP contribution in [-0.2, 0) is 10.0 Å². The molecule has 5 N–H and O–H groups in total. The summed E-state index contributed by atoms with van der Waals surface area (Å²) in [4.78, 5) is 11.8.